The van der Waals surface area contributed by atoms with Gasteiger partial charge in [0.25, 0.3) is 0 Å². The van der Waals surface area contributed by atoms with E-state index in [9.17, 15) is 18.0 Å². The molecule has 31 heavy (non-hydrogen) atoms. The average molecular weight is 448 g/mol. The van der Waals surface area contributed by atoms with Crippen molar-refractivity contribution in [2.45, 2.75) is 43.5 Å². The Morgan fingerprint density at radius 3 is 2.42 bits per heavy atom. The lowest BCUT2D eigenvalue weighted by Crippen LogP contribution is -2.41. The van der Waals surface area contributed by atoms with Gasteiger partial charge in [-0.25, -0.2) is 13.1 Å². The normalized spacial score (nSPS) is 16.0. The summed E-state index contributed by atoms with van der Waals surface area (Å²) in [6.07, 6.45) is 5.12. The van der Waals surface area contributed by atoms with Gasteiger partial charge in [-0.15, -0.1) is 0 Å². The summed E-state index contributed by atoms with van der Waals surface area (Å²) in [5.41, 5.74) is 0.443. The number of hydrogen-bond donors (Lipinski definition) is 2. The van der Waals surface area contributed by atoms with E-state index in [0.717, 1.165) is 31.7 Å². The highest BCUT2D eigenvalue weighted by Crippen LogP contribution is 2.24. The summed E-state index contributed by atoms with van der Waals surface area (Å²) in [6, 6.07) is 9.42. The van der Waals surface area contributed by atoms with E-state index in [1.807, 2.05) is 12.1 Å². The molecular weight excluding hydrogens is 418 g/mol. The van der Waals surface area contributed by atoms with Crippen LogP contribution in [0.4, 0.5) is 0 Å². The number of furan rings is 1. The topological polar surface area (TPSA) is 109 Å². The third kappa shape index (κ3) is 6.49. The van der Waals surface area contributed by atoms with Gasteiger partial charge >= 0.3 is 0 Å². The number of ketones is 1. The van der Waals surface area contributed by atoms with Gasteiger partial charge in [0.2, 0.25) is 15.9 Å². The molecule has 1 atom stereocenters. The number of rotatable bonds is 10. The highest BCUT2D eigenvalue weighted by Gasteiger charge is 2.25. The number of amides is 1. The Bertz CT molecular complexity index is 965. The molecule has 0 aliphatic carbocycles. The van der Waals surface area contributed by atoms with Crippen LogP contribution in [0.1, 0.15) is 54.8 Å². The fourth-order valence-electron chi connectivity index (χ4n) is 3.67. The summed E-state index contributed by atoms with van der Waals surface area (Å²) >= 11 is 0. The van der Waals surface area contributed by atoms with Crippen LogP contribution in [0.5, 0.6) is 0 Å². The van der Waals surface area contributed by atoms with Crippen LogP contribution in [0.2, 0.25) is 0 Å². The highest BCUT2D eigenvalue weighted by atomic mass is 32.2. The van der Waals surface area contributed by atoms with Gasteiger partial charge in [0, 0.05) is 25.1 Å². The van der Waals surface area contributed by atoms with Gasteiger partial charge in [-0.3, -0.25) is 14.5 Å². The zero-order valence-corrected chi connectivity index (χ0v) is 18.5. The Morgan fingerprint density at radius 1 is 1.10 bits per heavy atom. The second-order valence-electron chi connectivity index (χ2n) is 7.66. The van der Waals surface area contributed by atoms with Crippen molar-refractivity contribution in [2.75, 3.05) is 26.2 Å². The van der Waals surface area contributed by atoms with E-state index in [2.05, 4.69) is 14.9 Å². The van der Waals surface area contributed by atoms with Crippen LogP contribution in [-0.2, 0) is 14.8 Å². The van der Waals surface area contributed by atoms with Gasteiger partial charge in [-0.1, -0.05) is 18.6 Å². The second-order valence-corrected chi connectivity index (χ2v) is 9.43. The standard InChI is InChI=1S/C22H29N3O5S/c1-17(26)18-7-9-19(10-8-18)31(28,29)24-12-11-22(27)23-16-20(21-6-5-15-30-21)25-13-3-2-4-14-25/h5-10,15,20,24H,2-4,11-14,16H2,1H3,(H,23,27). The molecule has 1 amide bonds. The van der Waals surface area contributed by atoms with E-state index >= 15 is 0 Å². The second kappa shape index (κ2) is 10.7. The molecule has 0 spiro atoms. The maximum atomic E-state index is 12.4. The van der Waals surface area contributed by atoms with Gasteiger partial charge in [0.1, 0.15) is 5.76 Å². The van der Waals surface area contributed by atoms with Crippen molar-refractivity contribution in [2.24, 2.45) is 0 Å². The van der Waals surface area contributed by atoms with Gasteiger partial charge in [-0.2, -0.15) is 0 Å². The van der Waals surface area contributed by atoms with Crippen molar-refractivity contribution in [1.29, 1.82) is 0 Å². The van der Waals surface area contributed by atoms with E-state index < -0.39 is 10.0 Å². The Labute approximate surface area is 183 Å². The number of nitrogens with one attached hydrogen (secondary N) is 2. The molecule has 8 nitrogen and oxygen atoms in total. The van der Waals surface area contributed by atoms with E-state index in [1.165, 1.54) is 37.6 Å². The molecule has 1 aromatic carbocycles. The molecule has 1 fully saturated rings. The van der Waals surface area contributed by atoms with E-state index in [-0.39, 0.29) is 35.6 Å². The lowest BCUT2D eigenvalue weighted by atomic mass is 10.1. The third-order valence-corrected chi connectivity index (χ3v) is 6.89. The SMILES string of the molecule is CC(=O)c1ccc(S(=O)(=O)NCCC(=O)NCC(c2ccco2)N2CCCCC2)cc1. The fourth-order valence-corrected chi connectivity index (χ4v) is 4.70. The van der Waals surface area contributed by atoms with Crippen molar-refractivity contribution >= 4 is 21.7 Å². The summed E-state index contributed by atoms with van der Waals surface area (Å²) in [6.45, 7) is 3.73. The highest BCUT2D eigenvalue weighted by molar-refractivity contribution is 7.89. The van der Waals surface area contributed by atoms with Gasteiger partial charge < -0.3 is 9.73 Å². The Morgan fingerprint density at radius 2 is 1.81 bits per heavy atom. The van der Waals surface area contributed by atoms with Gasteiger partial charge in [-0.05, 0) is 57.1 Å². The molecule has 3 rings (SSSR count). The summed E-state index contributed by atoms with van der Waals surface area (Å²) in [4.78, 5) is 26.0. The molecule has 1 unspecified atom stereocenters. The van der Waals surface area contributed by atoms with E-state index in [0.29, 0.717) is 12.1 Å². The molecule has 168 valence electrons. The van der Waals surface area contributed by atoms with Gasteiger partial charge in [0.05, 0.1) is 17.2 Å². The molecular formula is C22H29N3O5S. The van der Waals surface area contributed by atoms with Crippen LogP contribution in [0.25, 0.3) is 0 Å². The number of likely N-dealkylation sites (tertiary alicyclic amines) is 1. The molecule has 1 aliphatic heterocycles. The first-order chi connectivity index (χ1) is 14.9. The molecule has 2 N–H and O–H groups in total. The molecule has 9 heteroatoms. The van der Waals surface area contributed by atoms with Crippen molar-refractivity contribution in [1.82, 2.24) is 14.9 Å². The average Bonchev–Trinajstić information content (AvgIpc) is 3.29. The predicted octanol–water partition coefficient (Wildman–Crippen LogP) is 2.49. The van der Waals surface area contributed by atoms with Crippen LogP contribution in [0.15, 0.2) is 52.0 Å². The predicted molar refractivity (Wildman–Crippen MR) is 116 cm³/mol. The van der Waals surface area contributed by atoms with Crippen LogP contribution >= 0.6 is 0 Å². The van der Waals surface area contributed by atoms with Crippen molar-refractivity contribution in [3.63, 3.8) is 0 Å². The minimum atomic E-state index is -3.75. The number of hydrogen-bond acceptors (Lipinski definition) is 6. The van der Waals surface area contributed by atoms with Crippen molar-refractivity contribution in [3.8, 4) is 0 Å². The molecule has 0 saturated carbocycles. The van der Waals surface area contributed by atoms with Crippen LogP contribution in [0, 0.1) is 0 Å². The number of piperidine rings is 1. The zero-order valence-electron chi connectivity index (χ0n) is 17.7. The maximum absolute atomic E-state index is 12.4. The Balaban J connectivity index is 1.49. The molecule has 1 saturated heterocycles. The summed E-state index contributed by atoms with van der Waals surface area (Å²) < 4.78 is 32.8. The molecule has 1 aromatic heterocycles. The number of Topliss-reactive ketones (excluding diaryl/α,β-unsaturated/α-hetero) is 1. The number of carbonyl (C=O) groups excluding carboxylic acids is 2. The first-order valence-electron chi connectivity index (χ1n) is 10.5. The van der Waals surface area contributed by atoms with Crippen LogP contribution in [0.3, 0.4) is 0 Å². The minimum Gasteiger partial charge on any atom is -0.468 e. The number of sulfonamides is 1. The fraction of sp³-hybridized carbons (Fsp3) is 0.455. The van der Waals surface area contributed by atoms with Gasteiger partial charge in [0.15, 0.2) is 5.78 Å². The summed E-state index contributed by atoms with van der Waals surface area (Å²) in [5.74, 6) is 0.450. The van der Waals surface area contributed by atoms with Crippen molar-refractivity contribution in [3.05, 3.63) is 54.0 Å². The number of benzene rings is 1. The molecule has 0 bridgehead atoms. The molecule has 2 aromatic rings. The van der Waals surface area contributed by atoms with Crippen LogP contribution in [-0.4, -0.2) is 51.2 Å². The number of nitrogens with zero attached hydrogens (tertiary/aromatic N) is 1. The van der Waals surface area contributed by atoms with E-state index in [4.69, 9.17) is 4.42 Å². The molecule has 2 heterocycles. The molecule has 1 aliphatic rings. The first-order valence-corrected chi connectivity index (χ1v) is 12.0. The largest absolute Gasteiger partial charge is 0.468 e. The number of carbonyl (C=O) groups is 2. The summed E-state index contributed by atoms with van der Waals surface area (Å²) in [5, 5.41) is 2.90. The van der Waals surface area contributed by atoms with Crippen molar-refractivity contribution < 1.29 is 22.4 Å². The lowest BCUT2D eigenvalue weighted by molar-refractivity contribution is -0.121. The third-order valence-electron chi connectivity index (χ3n) is 5.41. The molecule has 0 radical (unpaired) electrons. The van der Waals surface area contributed by atoms with E-state index in [1.54, 1.807) is 6.26 Å². The lowest BCUT2D eigenvalue weighted by Gasteiger charge is -2.33. The monoisotopic (exact) mass is 447 g/mol. The van der Waals surface area contributed by atoms with Crippen LogP contribution < -0.4 is 10.0 Å². The quantitative estimate of drug-likeness (QED) is 0.542. The minimum absolute atomic E-state index is 0.0161. The first kappa shape index (κ1) is 23.2. The smallest absolute Gasteiger partial charge is 0.240 e. The zero-order chi connectivity index (χ0) is 22.3. The maximum Gasteiger partial charge on any atom is 0.240 e. The summed E-state index contributed by atoms with van der Waals surface area (Å²) in [7, 11) is -3.75. The Hall–Kier alpha value is -2.49. The Kier molecular flexibility index (Phi) is 8.00.